The molecule has 2 aromatic carbocycles. The summed E-state index contributed by atoms with van der Waals surface area (Å²) in [6.45, 7) is 0. The highest BCUT2D eigenvalue weighted by Gasteiger charge is 2.02. The molecular weight excluding hydrogens is 294 g/mol. The van der Waals surface area contributed by atoms with Gasteiger partial charge in [0.05, 0.1) is 0 Å². The maximum absolute atomic E-state index is 11.0. The Morgan fingerprint density at radius 1 is 1.15 bits per heavy atom. The summed E-state index contributed by atoms with van der Waals surface area (Å²) >= 11 is 7.44. The van der Waals surface area contributed by atoms with Crippen molar-refractivity contribution in [1.82, 2.24) is 5.48 Å². The van der Waals surface area contributed by atoms with Crippen molar-refractivity contribution in [3.63, 3.8) is 0 Å². The van der Waals surface area contributed by atoms with E-state index in [1.54, 1.807) is 23.3 Å². The molecule has 0 aliphatic heterocycles. The van der Waals surface area contributed by atoms with Crippen molar-refractivity contribution in [2.24, 2.45) is 0 Å². The van der Waals surface area contributed by atoms with Gasteiger partial charge in [0.1, 0.15) is 0 Å². The number of halogens is 1. The zero-order valence-electron chi connectivity index (χ0n) is 10.4. The summed E-state index contributed by atoms with van der Waals surface area (Å²) in [6, 6.07) is 15.2. The van der Waals surface area contributed by atoms with Gasteiger partial charge in [0.25, 0.3) is 5.91 Å². The van der Waals surface area contributed by atoms with Crippen LogP contribution in [0.5, 0.6) is 0 Å². The molecule has 20 heavy (non-hydrogen) atoms. The van der Waals surface area contributed by atoms with Gasteiger partial charge in [-0.3, -0.25) is 10.0 Å². The van der Waals surface area contributed by atoms with E-state index in [0.29, 0.717) is 5.02 Å². The SMILES string of the molecule is O=C(/C=C/c1ccccc1Sc1ccc(Cl)cc1)NO. The van der Waals surface area contributed by atoms with Gasteiger partial charge in [0.2, 0.25) is 0 Å². The van der Waals surface area contributed by atoms with Crippen LogP contribution in [0.15, 0.2) is 64.4 Å². The minimum absolute atomic E-state index is 0.559. The van der Waals surface area contributed by atoms with Crippen LogP contribution in [-0.2, 0) is 4.79 Å². The number of carbonyl (C=O) groups excluding carboxylic acids is 1. The molecule has 0 bridgehead atoms. The molecule has 0 fully saturated rings. The summed E-state index contributed by atoms with van der Waals surface area (Å²) < 4.78 is 0. The van der Waals surface area contributed by atoms with E-state index < -0.39 is 5.91 Å². The number of carbonyl (C=O) groups is 1. The van der Waals surface area contributed by atoms with Crippen LogP contribution in [-0.4, -0.2) is 11.1 Å². The van der Waals surface area contributed by atoms with E-state index in [-0.39, 0.29) is 0 Å². The Bertz CT molecular complexity index is 626. The fourth-order valence-corrected chi connectivity index (χ4v) is 2.60. The second-order valence-electron chi connectivity index (χ2n) is 3.90. The average Bonchev–Trinajstić information content (AvgIpc) is 2.48. The van der Waals surface area contributed by atoms with Gasteiger partial charge in [-0.2, -0.15) is 0 Å². The lowest BCUT2D eigenvalue weighted by Gasteiger charge is -2.05. The Labute approximate surface area is 126 Å². The topological polar surface area (TPSA) is 49.3 Å². The fraction of sp³-hybridized carbons (Fsp3) is 0. The third-order valence-electron chi connectivity index (χ3n) is 2.48. The van der Waals surface area contributed by atoms with Crippen molar-refractivity contribution in [2.75, 3.05) is 0 Å². The molecular formula is C15H12ClNO2S. The number of rotatable bonds is 4. The van der Waals surface area contributed by atoms with Crippen molar-refractivity contribution in [2.45, 2.75) is 9.79 Å². The molecule has 0 aromatic heterocycles. The van der Waals surface area contributed by atoms with Crippen molar-refractivity contribution in [3.8, 4) is 0 Å². The van der Waals surface area contributed by atoms with Crippen molar-refractivity contribution in [1.29, 1.82) is 0 Å². The molecule has 2 N–H and O–H groups in total. The quantitative estimate of drug-likeness (QED) is 0.510. The molecule has 0 aliphatic carbocycles. The van der Waals surface area contributed by atoms with Crippen LogP contribution in [0.25, 0.3) is 6.08 Å². The summed E-state index contributed by atoms with van der Waals surface area (Å²) in [6.07, 6.45) is 2.94. The summed E-state index contributed by atoms with van der Waals surface area (Å²) in [5.74, 6) is -0.559. The second-order valence-corrected chi connectivity index (χ2v) is 5.45. The van der Waals surface area contributed by atoms with Crippen LogP contribution >= 0.6 is 23.4 Å². The number of hydrogen-bond acceptors (Lipinski definition) is 3. The maximum atomic E-state index is 11.0. The van der Waals surface area contributed by atoms with Crippen molar-refractivity contribution in [3.05, 3.63) is 65.2 Å². The summed E-state index contributed by atoms with van der Waals surface area (Å²) in [5.41, 5.74) is 2.46. The first-order chi connectivity index (χ1) is 9.69. The largest absolute Gasteiger partial charge is 0.288 e. The lowest BCUT2D eigenvalue weighted by Crippen LogP contribution is -2.14. The van der Waals surface area contributed by atoms with Gasteiger partial charge in [0.15, 0.2) is 0 Å². The number of hydroxylamine groups is 1. The highest BCUT2D eigenvalue weighted by Crippen LogP contribution is 2.31. The molecule has 102 valence electrons. The van der Waals surface area contributed by atoms with E-state index in [0.717, 1.165) is 15.4 Å². The zero-order chi connectivity index (χ0) is 14.4. The van der Waals surface area contributed by atoms with E-state index in [9.17, 15) is 4.79 Å². The molecule has 0 aliphatic rings. The second kappa shape index (κ2) is 7.14. The van der Waals surface area contributed by atoms with Gasteiger partial charge in [0, 0.05) is 20.9 Å². The highest BCUT2D eigenvalue weighted by atomic mass is 35.5. The smallest absolute Gasteiger partial charge is 0.267 e. The first-order valence-corrected chi connectivity index (χ1v) is 7.03. The van der Waals surface area contributed by atoms with Crippen LogP contribution in [0, 0.1) is 0 Å². The third-order valence-corrected chi connectivity index (χ3v) is 3.84. The lowest BCUT2D eigenvalue weighted by atomic mass is 10.2. The first-order valence-electron chi connectivity index (χ1n) is 5.83. The van der Waals surface area contributed by atoms with Gasteiger partial charge >= 0.3 is 0 Å². The normalized spacial score (nSPS) is 10.7. The summed E-state index contributed by atoms with van der Waals surface area (Å²) in [5, 5.41) is 9.17. The summed E-state index contributed by atoms with van der Waals surface area (Å²) in [4.78, 5) is 13.1. The van der Waals surface area contributed by atoms with Crippen molar-refractivity contribution < 1.29 is 10.0 Å². The number of benzene rings is 2. The predicted octanol–water partition coefficient (Wildman–Crippen LogP) is 4.01. The maximum Gasteiger partial charge on any atom is 0.267 e. The Balaban J connectivity index is 2.21. The van der Waals surface area contributed by atoms with E-state index >= 15 is 0 Å². The molecule has 0 saturated carbocycles. The first kappa shape index (κ1) is 14.7. The minimum atomic E-state index is -0.559. The molecule has 0 heterocycles. The molecule has 0 radical (unpaired) electrons. The van der Waals surface area contributed by atoms with Crippen LogP contribution in [0.2, 0.25) is 5.02 Å². The molecule has 0 saturated heterocycles. The number of nitrogens with one attached hydrogen (secondary N) is 1. The van der Waals surface area contributed by atoms with E-state index in [1.165, 1.54) is 6.08 Å². The molecule has 5 heteroatoms. The Kier molecular flexibility index (Phi) is 5.24. The van der Waals surface area contributed by atoms with Gasteiger partial charge in [-0.05, 0) is 42.0 Å². The van der Waals surface area contributed by atoms with E-state index in [4.69, 9.17) is 16.8 Å². The monoisotopic (exact) mass is 305 g/mol. The fourth-order valence-electron chi connectivity index (χ4n) is 1.54. The van der Waals surface area contributed by atoms with Gasteiger partial charge in [-0.15, -0.1) is 0 Å². The third kappa shape index (κ3) is 4.13. The van der Waals surface area contributed by atoms with Crippen LogP contribution in [0.4, 0.5) is 0 Å². The Morgan fingerprint density at radius 3 is 2.55 bits per heavy atom. The van der Waals surface area contributed by atoms with Gasteiger partial charge in [-0.25, -0.2) is 5.48 Å². The standard InChI is InChI=1S/C15H12ClNO2S/c16-12-6-8-13(9-7-12)20-14-4-2-1-3-11(14)5-10-15(18)17-19/h1-10,19H,(H,17,18)/b10-5+. The molecule has 1 amide bonds. The van der Waals surface area contributed by atoms with Gasteiger partial charge < -0.3 is 0 Å². The Morgan fingerprint density at radius 2 is 1.85 bits per heavy atom. The summed E-state index contributed by atoms with van der Waals surface area (Å²) in [7, 11) is 0. The molecule has 0 unspecified atom stereocenters. The lowest BCUT2D eigenvalue weighted by molar-refractivity contribution is -0.124. The number of amides is 1. The molecule has 2 aromatic rings. The molecule has 3 nitrogen and oxygen atoms in total. The van der Waals surface area contributed by atoms with Gasteiger partial charge in [-0.1, -0.05) is 41.6 Å². The highest BCUT2D eigenvalue weighted by molar-refractivity contribution is 7.99. The number of hydrogen-bond donors (Lipinski definition) is 2. The van der Waals surface area contributed by atoms with Crippen molar-refractivity contribution >= 4 is 35.3 Å². The van der Waals surface area contributed by atoms with Crippen LogP contribution in [0.1, 0.15) is 5.56 Å². The van der Waals surface area contributed by atoms with E-state index in [2.05, 4.69) is 0 Å². The molecule has 0 spiro atoms. The molecule has 2 rings (SSSR count). The Hall–Kier alpha value is -1.75. The van der Waals surface area contributed by atoms with E-state index in [1.807, 2.05) is 48.5 Å². The van der Waals surface area contributed by atoms with Crippen LogP contribution in [0.3, 0.4) is 0 Å². The molecule has 0 atom stereocenters. The van der Waals surface area contributed by atoms with Crippen LogP contribution < -0.4 is 5.48 Å². The zero-order valence-corrected chi connectivity index (χ0v) is 12.0. The predicted molar refractivity (Wildman–Crippen MR) is 81.0 cm³/mol. The average molecular weight is 306 g/mol. The minimum Gasteiger partial charge on any atom is -0.288 e.